The van der Waals surface area contributed by atoms with Crippen molar-refractivity contribution in [2.75, 3.05) is 39.1 Å². The van der Waals surface area contributed by atoms with Crippen LogP contribution < -0.4 is 10.2 Å². The number of rotatable bonds is 4. The van der Waals surface area contributed by atoms with Crippen LogP contribution in [0.1, 0.15) is 24.3 Å². The van der Waals surface area contributed by atoms with Gasteiger partial charge in [-0.25, -0.2) is 9.37 Å². The molecule has 1 aromatic carbocycles. The second-order valence-electron chi connectivity index (χ2n) is 6.81. The molecule has 27 heavy (non-hydrogen) atoms. The van der Waals surface area contributed by atoms with E-state index >= 15 is 0 Å². The molecule has 1 aliphatic heterocycles. The predicted molar refractivity (Wildman–Crippen MR) is 108 cm³/mol. The Morgan fingerprint density at radius 1 is 1.37 bits per heavy atom. The number of halogens is 1. The standard InChI is InChI=1S/C19H26FN5OS/c1-13-10-25(11-17(26-13)14-5-7-15(20)8-6-14)18(21-2)22-9-16-12-27-19(23-16)24(3)4/h5-8,12-13,17H,9-11H2,1-4H3,(H,21,22). The lowest BCUT2D eigenvalue weighted by molar-refractivity contribution is -0.0605. The Hall–Kier alpha value is -2.19. The molecule has 0 bridgehead atoms. The van der Waals surface area contributed by atoms with E-state index in [1.54, 1.807) is 30.5 Å². The van der Waals surface area contributed by atoms with Crippen molar-refractivity contribution in [1.29, 1.82) is 0 Å². The van der Waals surface area contributed by atoms with Crippen molar-refractivity contribution >= 4 is 22.4 Å². The Morgan fingerprint density at radius 2 is 2.11 bits per heavy atom. The molecule has 2 heterocycles. The number of anilines is 1. The fourth-order valence-corrected chi connectivity index (χ4v) is 3.83. The van der Waals surface area contributed by atoms with Gasteiger partial charge in [-0.2, -0.15) is 0 Å². The SMILES string of the molecule is CN=C(NCc1csc(N(C)C)n1)N1CC(C)OC(c2ccc(F)cc2)C1. The first kappa shape index (κ1) is 19.6. The fourth-order valence-electron chi connectivity index (χ4n) is 3.07. The number of hydrogen-bond donors (Lipinski definition) is 1. The number of aliphatic imine (C=N–C) groups is 1. The Bertz CT molecular complexity index is 777. The van der Waals surface area contributed by atoms with Gasteiger partial charge in [0, 0.05) is 33.1 Å². The summed E-state index contributed by atoms with van der Waals surface area (Å²) in [5, 5.41) is 6.43. The zero-order chi connectivity index (χ0) is 19.4. The maximum Gasteiger partial charge on any atom is 0.194 e. The predicted octanol–water partition coefficient (Wildman–Crippen LogP) is 2.89. The third-order valence-electron chi connectivity index (χ3n) is 4.36. The van der Waals surface area contributed by atoms with Gasteiger partial charge in [0.15, 0.2) is 11.1 Å². The number of guanidine groups is 1. The van der Waals surface area contributed by atoms with Crippen LogP contribution in [0.2, 0.25) is 0 Å². The summed E-state index contributed by atoms with van der Waals surface area (Å²) < 4.78 is 19.3. The van der Waals surface area contributed by atoms with Crippen LogP contribution in [0.25, 0.3) is 0 Å². The molecular formula is C19H26FN5OS. The van der Waals surface area contributed by atoms with Gasteiger partial charge in [0.25, 0.3) is 0 Å². The molecule has 1 aliphatic rings. The highest BCUT2D eigenvalue weighted by atomic mass is 32.1. The van der Waals surface area contributed by atoms with Gasteiger partial charge in [-0.1, -0.05) is 12.1 Å². The number of hydrogen-bond acceptors (Lipinski definition) is 5. The summed E-state index contributed by atoms with van der Waals surface area (Å²) in [6.45, 7) is 4.07. The molecule has 0 amide bonds. The van der Waals surface area contributed by atoms with E-state index in [4.69, 9.17) is 4.74 Å². The molecule has 0 radical (unpaired) electrons. The molecule has 1 saturated heterocycles. The monoisotopic (exact) mass is 391 g/mol. The topological polar surface area (TPSA) is 53.0 Å². The Labute approximate surface area is 163 Å². The first-order valence-electron chi connectivity index (χ1n) is 8.94. The van der Waals surface area contributed by atoms with Crippen LogP contribution >= 0.6 is 11.3 Å². The van der Waals surface area contributed by atoms with Crippen LogP contribution in [0.3, 0.4) is 0 Å². The summed E-state index contributed by atoms with van der Waals surface area (Å²) in [5.74, 6) is 0.578. The molecule has 0 aliphatic carbocycles. The van der Waals surface area contributed by atoms with Crippen molar-refractivity contribution in [3.05, 3.63) is 46.7 Å². The lowest BCUT2D eigenvalue weighted by Gasteiger charge is -2.38. The van der Waals surface area contributed by atoms with Crippen LogP contribution in [-0.2, 0) is 11.3 Å². The average molecular weight is 392 g/mol. The number of nitrogens with zero attached hydrogens (tertiary/aromatic N) is 4. The van der Waals surface area contributed by atoms with Gasteiger partial charge in [-0.15, -0.1) is 11.3 Å². The van der Waals surface area contributed by atoms with E-state index in [2.05, 4.69) is 25.6 Å². The molecule has 2 aromatic rings. The zero-order valence-electron chi connectivity index (χ0n) is 16.1. The number of benzene rings is 1. The molecule has 3 rings (SSSR count). The van der Waals surface area contributed by atoms with E-state index in [1.807, 2.05) is 25.9 Å². The van der Waals surface area contributed by atoms with Crippen molar-refractivity contribution in [3.63, 3.8) is 0 Å². The largest absolute Gasteiger partial charge is 0.367 e. The van der Waals surface area contributed by atoms with Gasteiger partial charge in [-0.05, 0) is 24.6 Å². The van der Waals surface area contributed by atoms with Gasteiger partial charge in [0.1, 0.15) is 11.9 Å². The van der Waals surface area contributed by atoms with Gasteiger partial charge in [0.05, 0.1) is 24.9 Å². The molecule has 1 aromatic heterocycles. The van der Waals surface area contributed by atoms with E-state index in [-0.39, 0.29) is 18.0 Å². The summed E-state index contributed by atoms with van der Waals surface area (Å²) >= 11 is 1.62. The summed E-state index contributed by atoms with van der Waals surface area (Å²) in [5.41, 5.74) is 1.96. The number of morpholine rings is 1. The third-order valence-corrected chi connectivity index (χ3v) is 5.42. The minimum atomic E-state index is -0.239. The second kappa shape index (κ2) is 8.67. The first-order valence-corrected chi connectivity index (χ1v) is 9.82. The van der Waals surface area contributed by atoms with E-state index in [0.717, 1.165) is 28.9 Å². The molecule has 2 atom stereocenters. The normalized spacial score (nSPS) is 20.6. The van der Waals surface area contributed by atoms with Crippen molar-refractivity contribution in [3.8, 4) is 0 Å². The van der Waals surface area contributed by atoms with Crippen molar-refractivity contribution in [2.45, 2.75) is 25.7 Å². The smallest absolute Gasteiger partial charge is 0.194 e. The van der Waals surface area contributed by atoms with Crippen LogP contribution in [0.15, 0.2) is 34.6 Å². The fraction of sp³-hybridized carbons (Fsp3) is 0.474. The van der Waals surface area contributed by atoms with E-state index in [1.165, 1.54) is 12.1 Å². The van der Waals surface area contributed by atoms with Crippen LogP contribution in [0, 0.1) is 5.82 Å². The average Bonchev–Trinajstić information content (AvgIpc) is 3.12. The number of aromatic nitrogens is 1. The second-order valence-corrected chi connectivity index (χ2v) is 7.65. The molecule has 8 heteroatoms. The highest BCUT2D eigenvalue weighted by Crippen LogP contribution is 2.25. The lowest BCUT2D eigenvalue weighted by atomic mass is 10.1. The quantitative estimate of drug-likeness (QED) is 0.642. The third kappa shape index (κ3) is 4.95. The molecule has 1 N–H and O–H groups in total. The Morgan fingerprint density at radius 3 is 2.74 bits per heavy atom. The maximum absolute atomic E-state index is 13.2. The van der Waals surface area contributed by atoms with E-state index in [9.17, 15) is 4.39 Å². The number of ether oxygens (including phenoxy) is 1. The van der Waals surface area contributed by atoms with E-state index < -0.39 is 0 Å². The molecule has 0 saturated carbocycles. The maximum atomic E-state index is 13.2. The lowest BCUT2D eigenvalue weighted by Crippen LogP contribution is -2.50. The Kier molecular flexibility index (Phi) is 6.28. The highest BCUT2D eigenvalue weighted by molar-refractivity contribution is 7.13. The minimum Gasteiger partial charge on any atom is -0.367 e. The van der Waals surface area contributed by atoms with Gasteiger partial charge in [0.2, 0.25) is 0 Å². The van der Waals surface area contributed by atoms with Gasteiger partial charge >= 0.3 is 0 Å². The zero-order valence-corrected chi connectivity index (χ0v) is 17.0. The first-order chi connectivity index (χ1) is 13.0. The van der Waals surface area contributed by atoms with Crippen LogP contribution in [-0.4, -0.2) is 56.2 Å². The van der Waals surface area contributed by atoms with Crippen molar-refractivity contribution in [2.24, 2.45) is 4.99 Å². The molecule has 0 spiro atoms. The van der Waals surface area contributed by atoms with Crippen LogP contribution in [0.4, 0.5) is 9.52 Å². The molecule has 6 nitrogen and oxygen atoms in total. The highest BCUT2D eigenvalue weighted by Gasteiger charge is 2.28. The Balaban J connectivity index is 1.65. The molecule has 1 fully saturated rings. The molecule has 2 unspecified atom stereocenters. The van der Waals surface area contributed by atoms with Crippen molar-refractivity contribution in [1.82, 2.24) is 15.2 Å². The van der Waals surface area contributed by atoms with Gasteiger partial charge < -0.3 is 19.9 Å². The summed E-state index contributed by atoms with van der Waals surface area (Å²) in [7, 11) is 5.75. The summed E-state index contributed by atoms with van der Waals surface area (Å²) in [6.07, 6.45) is -0.0699. The minimum absolute atomic E-state index is 0.0481. The molecule has 146 valence electrons. The molecular weight excluding hydrogens is 365 g/mol. The van der Waals surface area contributed by atoms with Crippen molar-refractivity contribution < 1.29 is 9.13 Å². The van der Waals surface area contributed by atoms with Crippen LogP contribution in [0.5, 0.6) is 0 Å². The summed E-state index contributed by atoms with van der Waals surface area (Å²) in [4.78, 5) is 13.2. The van der Waals surface area contributed by atoms with E-state index in [0.29, 0.717) is 13.1 Å². The number of thiazole rings is 1. The summed E-state index contributed by atoms with van der Waals surface area (Å²) in [6, 6.07) is 6.51. The number of nitrogens with one attached hydrogen (secondary N) is 1. The van der Waals surface area contributed by atoms with Gasteiger partial charge in [-0.3, -0.25) is 4.99 Å².